The number of pyridine rings is 1. The van der Waals surface area contributed by atoms with Gasteiger partial charge in [0, 0.05) is 37.9 Å². The predicted molar refractivity (Wildman–Crippen MR) is 92.7 cm³/mol. The largest absolute Gasteiger partial charge is 0.340 e. The molecule has 2 aromatic heterocycles. The summed E-state index contributed by atoms with van der Waals surface area (Å²) in [5.74, 6) is 0.529. The monoisotopic (exact) mass is 320 g/mol. The number of hydrogen-bond donors (Lipinski definition) is 0. The van der Waals surface area contributed by atoms with Gasteiger partial charge in [-0.2, -0.15) is 0 Å². The van der Waals surface area contributed by atoms with Gasteiger partial charge in [0.2, 0.25) is 0 Å². The highest BCUT2D eigenvalue weighted by molar-refractivity contribution is 5.92. The Morgan fingerprint density at radius 3 is 2.96 bits per heavy atom. The summed E-state index contributed by atoms with van der Waals surface area (Å²) in [7, 11) is 1.88. The van der Waals surface area contributed by atoms with Crippen LogP contribution in [0.5, 0.6) is 0 Å². The number of benzene rings is 1. The van der Waals surface area contributed by atoms with E-state index in [2.05, 4.69) is 28.2 Å². The van der Waals surface area contributed by atoms with Crippen molar-refractivity contribution in [3.8, 4) is 0 Å². The lowest BCUT2D eigenvalue weighted by Gasteiger charge is -2.15. The lowest BCUT2D eigenvalue weighted by atomic mass is 9.96. The first kappa shape index (κ1) is 14.9. The van der Waals surface area contributed by atoms with E-state index in [1.807, 2.05) is 34.8 Å². The Hall–Kier alpha value is -2.69. The van der Waals surface area contributed by atoms with Crippen LogP contribution in [0.2, 0.25) is 0 Å². The lowest BCUT2D eigenvalue weighted by molar-refractivity contribution is 0.0782. The van der Waals surface area contributed by atoms with Crippen LogP contribution in [0.15, 0.2) is 49.1 Å². The van der Waals surface area contributed by atoms with Crippen molar-refractivity contribution in [3.63, 3.8) is 0 Å². The van der Waals surface area contributed by atoms with Gasteiger partial charge in [-0.1, -0.05) is 18.2 Å². The van der Waals surface area contributed by atoms with Gasteiger partial charge >= 0.3 is 0 Å². The fourth-order valence-corrected chi connectivity index (χ4v) is 3.51. The Morgan fingerprint density at radius 1 is 1.25 bits per heavy atom. The second-order valence-corrected chi connectivity index (χ2v) is 6.52. The Balaban J connectivity index is 1.48. The van der Waals surface area contributed by atoms with Crippen molar-refractivity contribution in [2.75, 3.05) is 13.1 Å². The number of carbonyl (C=O) groups excluding carboxylic acids is 1. The van der Waals surface area contributed by atoms with Gasteiger partial charge in [0.05, 0.1) is 11.8 Å². The molecule has 5 heteroatoms. The summed E-state index contributed by atoms with van der Waals surface area (Å²) >= 11 is 0. The fraction of sp³-hybridized carbons (Fsp3) is 0.316. The Kier molecular flexibility index (Phi) is 3.76. The van der Waals surface area contributed by atoms with Gasteiger partial charge in [0.1, 0.15) is 5.69 Å². The molecule has 1 amide bonds. The maximum absolute atomic E-state index is 12.5. The smallest absolute Gasteiger partial charge is 0.274 e. The highest BCUT2D eigenvalue weighted by atomic mass is 16.2. The van der Waals surface area contributed by atoms with E-state index in [9.17, 15) is 4.79 Å². The SMILES string of the molecule is Cn1cnc(C(=O)N2CC[C@@H](Cc3ccnc4ccccc34)C2)c1. The van der Waals surface area contributed by atoms with Crippen LogP contribution in [0.4, 0.5) is 0 Å². The quantitative estimate of drug-likeness (QED) is 0.745. The molecule has 0 N–H and O–H groups in total. The minimum Gasteiger partial charge on any atom is -0.340 e. The van der Waals surface area contributed by atoms with Crippen molar-refractivity contribution in [2.24, 2.45) is 13.0 Å². The number of nitrogens with zero attached hydrogens (tertiary/aromatic N) is 4. The van der Waals surface area contributed by atoms with E-state index < -0.39 is 0 Å². The molecule has 3 aromatic rings. The number of aryl methyl sites for hydroxylation is 1. The van der Waals surface area contributed by atoms with Crippen LogP contribution in [0.1, 0.15) is 22.5 Å². The zero-order valence-electron chi connectivity index (χ0n) is 13.7. The number of likely N-dealkylation sites (tertiary alicyclic amines) is 1. The molecule has 1 saturated heterocycles. The van der Waals surface area contributed by atoms with Gasteiger partial charge in [-0.25, -0.2) is 4.98 Å². The number of carbonyl (C=O) groups is 1. The van der Waals surface area contributed by atoms with Crippen LogP contribution in [0.25, 0.3) is 10.9 Å². The number of amides is 1. The van der Waals surface area contributed by atoms with Crippen LogP contribution in [-0.2, 0) is 13.5 Å². The molecule has 3 heterocycles. The highest BCUT2D eigenvalue weighted by Crippen LogP contribution is 2.25. The van der Waals surface area contributed by atoms with Gasteiger partial charge in [0.25, 0.3) is 5.91 Å². The van der Waals surface area contributed by atoms with E-state index in [4.69, 9.17) is 0 Å². The van der Waals surface area contributed by atoms with E-state index in [1.54, 1.807) is 12.5 Å². The average Bonchev–Trinajstić information content (AvgIpc) is 3.24. The van der Waals surface area contributed by atoms with Crippen molar-refractivity contribution in [3.05, 3.63) is 60.3 Å². The van der Waals surface area contributed by atoms with Gasteiger partial charge in [-0.3, -0.25) is 9.78 Å². The van der Waals surface area contributed by atoms with E-state index in [0.29, 0.717) is 11.6 Å². The number of para-hydroxylation sites is 1. The second kappa shape index (κ2) is 6.07. The molecule has 1 aliphatic heterocycles. The standard InChI is InChI=1S/C19H20N4O/c1-22-12-18(21-13-22)19(24)23-9-7-14(11-23)10-15-6-8-20-17-5-3-2-4-16(15)17/h2-6,8,12-14H,7,9-11H2,1H3/t14-/m0/s1. The predicted octanol–water partition coefficient (Wildman–Crippen LogP) is 2.67. The first-order valence-corrected chi connectivity index (χ1v) is 8.30. The first-order valence-electron chi connectivity index (χ1n) is 8.30. The Labute approximate surface area is 140 Å². The third-order valence-corrected chi connectivity index (χ3v) is 4.74. The second-order valence-electron chi connectivity index (χ2n) is 6.52. The summed E-state index contributed by atoms with van der Waals surface area (Å²) in [6.07, 6.45) is 7.35. The summed E-state index contributed by atoms with van der Waals surface area (Å²) in [6, 6.07) is 10.3. The molecular weight excluding hydrogens is 300 g/mol. The highest BCUT2D eigenvalue weighted by Gasteiger charge is 2.28. The van der Waals surface area contributed by atoms with Crippen LogP contribution in [0.3, 0.4) is 0 Å². The normalized spacial score (nSPS) is 17.5. The molecule has 122 valence electrons. The first-order chi connectivity index (χ1) is 11.7. The van der Waals surface area contributed by atoms with Gasteiger partial charge in [0.15, 0.2) is 0 Å². The molecule has 0 aliphatic carbocycles. The van der Waals surface area contributed by atoms with Crippen LogP contribution < -0.4 is 0 Å². The zero-order valence-corrected chi connectivity index (χ0v) is 13.7. The summed E-state index contributed by atoms with van der Waals surface area (Å²) in [5, 5.41) is 1.22. The number of imidazole rings is 1. The van der Waals surface area contributed by atoms with Gasteiger partial charge < -0.3 is 9.47 Å². The molecule has 1 aliphatic rings. The Bertz CT molecular complexity index is 880. The van der Waals surface area contributed by atoms with Crippen LogP contribution in [-0.4, -0.2) is 38.4 Å². The van der Waals surface area contributed by atoms with Crippen LogP contribution >= 0.6 is 0 Å². The third kappa shape index (κ3) is 2.77. The molecule has 4 rings (SSSR count). The molecule has 1 aromatic carbocycles. The number of fused-ring (bicyclic) bond motifs is 1. The van der Waals surface area contributed by atoms with Crippen LogP contribution in [0, 0.1) is 5.92 Å². The molecule has 1 atom stereocenters. The van der Waals surface area contributed by atoms with E-state index in [-0.39, 0.29) is 5.91 Å². The maximum Gasteiger partial charge on any atom is 0.274 e. The van der Waals surface area contributed by atoms with Crippen molar-refractivity contribution in [1.82, 2.24) is 19.4 Å². The average molecular weight is 320 g/mol. The fourth-order valence-electron chi connectivity index (χ4n) is 3.51. The van der Waals surface area contributed by atoms with Crippen molar-refractivity contribution in [1.29, 1.82) is 0 Å². The molecule has 5 nitrogen and oxygen atoms in total. The number of hydrogen-bond acceptors (Lipinski definition) is 3. The molecular formula is C19H20N4O. The van der Waals surface area contributed by atoms with Gasteiger partial charge in [-0.15, -0.1) is 0 Å². The van der Waals surface area contributed by atoms with E-state index in [1.165, 1.54) is 10.9 Å². The molecule has 0 spiro atoms. The van der Waals surface area contributed by atoms with E-state index in [0.717, 1.165) is 31.4 Å². The maximum atomic E-state index is 12.5. The molecule has 1 fully saturated rings. The van der Waals surface area contributed by atoms with Crippen molar-refractivity contribution >= 4 is 16.8 Å². The van der Waals surface area contributed by atoms with Gasteiger partial charge in [-0.05, 0) is 36.5 Å². The molecule has 0 bridgehead atoms. The molecule has 0 saturated carbocycles. The summed E-state index contributed by atoms with van der Waals surface area (Å²) < 4.78 is 1.81. The number of aromatic nitrogens is 3. The minimum absolute atomic E-state index is 0.0395. The lowest BCUT2D eigenvalue weighted by Crippen LogP contribution is -2.29. The van der Waals surface area contributed by atoms with Crippen molar-refractivity contribution < 1.29 is 4.79 Å². The van der Waals surface area contributed by atoms with E-state index >= 15 is 0 Å². The Morgan fingerprint density at radius 2 is 2.12 bits per heavy atom. The topological polar surface area (TPSA) is 51.0 Å². The zero-order chi connectivity index (χ0) is 16.5. The molecule has 0 unspecified atom stereocenters. The molecule has 24 heavy (non-hydrogen) atoms. The third-order valence-electron chi connectivity index (χ3n) is 4.74. The van der Waals surface area contributed by atoms with Crippen molar-refractivity contribution in [2.45, 2.75) is 12.8 Å². The minimum atomic E-state index is 0.0395. The summed E-state index contributed by atoms with van der Waals surface area (Å²) in [6.45, 7) is 1.61. The molecule has 0 radical (unpaired) electrons. The summed E-state index contributed by atoms with van der Waals surface area (Å²) in [5.41, 5.74) is 2.89. The summed E-state index contributed by atoms with van der Waals surface area (Å²) in [4.78, 5) is 23.0. The number of rotatable bonds is 3.